The number of halogens is 3. The maximum atomic E-state index is 12.3. The van der Waals surface area contributed by atoms with Gasteiger partial charge in [0.25, 0.3) is 5.91 Å². The molecule has 0 radical (unpaired) electrons. The highest BCUT2D eigenvalue weighted by Gasteiger charge is 2.32. The van der Waals surface area contributed by atoms with Crippen molar-refractivity contribution in [3.05, 3.63) is 29.0 Å². The number of nitrogens with two attached hydrogens (primary N) is 1. The van der Waals surface area contributed by atoms with Crippen LogP contribution in [0.2, 0.25) is 5.02 Å². The number of likely N-dealkylation sites (tertiary alicyclic amines) is 1. The normalized spacial score (nSPS) is 21.5. The van der Waals surface area contributed by atoms with Gasteiger partial charge in [-0.3, -0.25) is 9.78 Å². The first-order chi connectivity index (χ1) is 8.13. The number of aromatic nitrogens is 1. The van der Waals surface area contributed by atoms with Crippen molar-refractivity contribution >= 4 is 42.3 Å². The molecule has 0 spiro atoms. The number of rotatable bonds is 2. The molecule has 2 N–H and O–H groups in total. The first-order valence-electron chi connectivity index (χ1n) is 5.74. The van der Waals surface area contributed by atoms with E-state index < -0.39 is 0 Å². The molecule has 19 heavy (non-hydrogen) atoms. The Kier molecular flexibility index (Phi) is 7.67. The number of carbonyl (C=O) groups excluding carboxylic acids is 1. The van der Waals surface area contributed by atoms with Crippen LogP contribution in [-0.4, -0.2) is 34.9 Å². The lowest BCUT2D eigenvalue weighted by atomic mass is 10.1. The maximum Gasteiger partial charge on any atom is 0.255 e. The molecule has 1 aromatic rings. The van der Waals surface area contributed by atoms with Gasteiger partial charge in [0.05, 0.1) is 10.6 Å². The summed E-state index contributed by atoms with van der Waals surface area (Å²) in [5.74, 6) is 0.371. The van der Waals surface area contributed by atoms with Crippen molar-refractivity contribution in [3.8, 4) is 0 Å². The fourth-order valence-electron chi connectivity index (χ4n) is 2.30. The van der Waals surface area contributed by atoms with Crippen LogP contribution in [0.3, 0.4) is 0 Å². The van der Waals surface area contributed by atoms with Crippen molar-refractivity contribution in [2.45, 2.75) is 19.4 Å². The molecule has 1 amide bonds. The Morgan fingerprint density at radius 2 is 2.26 bits per heavy atom. The summed E-state index contributed by atoms with van der Waals surface area (Å²) in [6.07, 6.45) is 4.04. The summed E-state index contributed by atoms with van der Waals surface area (Å²) in [5.41, 5.74) is 6.17. The minimum atomic E-state index is -0.0270. The van der Waals surface area contributed by atoms with E-state index in [0.717, 1.165) is 13.0 Å². The SMILES string of the molecule is CC1CC(CN)CN1C(=O)c1ccncc1Cl.Cl.Cl. The topological polar surface area (TPSA) is 59.2 Å². The Morgan fingerprint density at radius 1 is 1.58 bits per heavy atom. The maximum absolute atomic E-state index is 12.3. The smallest absolute Gasteiger partial charge is 0.255 e. The lowest BCUT2D eigenvalue weighted by Crippen LogP contribution is -2.34. The van der Waals surface area contributed by atoms with Crippen molar-refractivity contribution in [1.29, 1.82) is 0 Å². The van der Waals surface area contributed by atoms with Crippen LogP contribution in [0, 0.1) is 5.92 Å². The lowest BCUT2D eigenvalue weighted by Gasteiger charge is -2.21. The third-order valence-corrected chi connectivity index (χ3v) is 3.56. The van der Waals surface area contributed by atoms with Crippen LogP contribution in [0.5, 0.6) is 0 Å². The van der Waals surface area contributed by atoms with E-state index in [4.69, 9.17) is 17.3 Å². The van der Waals surface area contributed by atoms with Crippen molar-refractivity contribution in [2.24, 2.45) is 11.7 Å². The minimum absolute atomic E-state index is 0. The molecular weight excluding hydrogens is 309 g/mol. The molecule has 0 aliphatic carbocycles. The lowest BCUT2D eigenvalue weighted by molar-refractivity contribution is 0.0743. The third kappa shape index (κ3) is 3.96. The molecular formula is C12H18Cl3N3O. The fourth-order valence-corrected chi connectivity index (χ4v) is 2.50. The monoisotopic (exact) mass is 325 g/mol. The first-order valence-corrected chi connectivity index (χ1v) is 6.11. The second-order valence-electron chi connectivity index (χ2n) is 4.50. The van der Waals surface area contributed by atoms with E-state index in [1.54, 1.807) is 12.3 Å². The standard InChI is InChI=1S/C12H16ClN3O.2ClH/c1-8-4-9(5-14)7-16(8)12(17)10-2-3-15-6-11(10)13;;/h2-3,6,8-9H,4-5,7,14H2,1H3;2*1H. The van der Waals surface area contributed by atoms with Gasteiger partial charge < -0.3 is 10.6 Å². The van der Waals surface area contributed by atoms with Gasteiger partial charge in [0.2, 0.25) is 0 Å². The molecule has 2 rings (SSSR count). The van der Waals surface area contributed by atoms with Gasteiger partial charge >= 0.3 is 0 Å². The molecule has 1 saturated heterocycles. The summed E-state index contributed by atoms with van der Waals surface area (Å²) >= 11 is 5.98. The predicted molar refractivity (Wildman–Crippen MR) is 81.4 cm³/mol. The number of amides is 1. The average Bonchev–Trinajstić information content (AvgIpc) is 2.70. The highest BCUT2D eigenvalue weighted by molar-refractivity contribution is 6.33. The van der Waals surface area contributed by atoms with E-state index in [9.17, 15) is 4.79 Å². The predicted octanol–water partition coefficient (Wildman–Crippen LogP) is 2.39. The summed E-state index contributed by atoms with van der Waals surface area (Å²) in [5, 5.41) is 0.404. The zero-order chi connectivity index (χ0) is 12.4. The summed E-state index contributed by atoms with van der Waals surface area (Å²) in [6, 6.07) is 1.88. The Balaban J connectivity index is 0.00000162. The van der Waals surface area contributed by atoms with Gasteiger partial charge in [-0.25, -0.2) is 0 Å². The van der Waals surface area contributed by atoms with Crippen LogP contribution >= 0.6 is 36.4 Å². The molecule has 1 aromatic heterocycles. The van der Waals surface area contributed by atoms with Gasteiger partial charge in [0, 0.05) is 25.0 Å². The van der Waals surface area contributed by atoms with E-state index in [2.05, 4.69) is 4.98 Å². The minimum Gasteiger partial charge on any atom is -0.336 e. The van der Waals surface area contributed by atoms with Crippen molar-refractivity contribution in [2.75, 3.05) is 13.1 Å². The summed E-state index contributed by atoms with van der Waals surface area (Å²) in [7, 11) is 0. The van der Waals surface area contributed by atoms with E-state index in [0.29, 0.717) is 23.0 Å². The van der Waals surface area contributed by atoms with Crippen molar-refractivity contribution in [3.63, 3.8) is 0 Å². The van der Waals surface area contributed by atoms with Gasteiger partial charge in [0.1, 0.15) is 0 Å². The molecule has 108 valence electrons. The number of nitrogens with zero attached hydrogens (tertiary/aromatic N) is 2. The highest BCUT2D eigenvalue weighted by atomic mass is 35.5. The van der Waals surface area contributed by atoms with E-state index >= 15 is 0 Å². The Bertz CT molecular complexity index is 430. The van der Waals surface area contributed by atoms with Crippen LogP contribution in [0.1, 0.15) is 23.7 Å². The van der Waals surface area contributed by atoms with E-state index in [-0.39, 0.29) is 36.8 Å². The van der Waals surface area contributed by atoms with Gasteiger partial charge in [-0.2, -0.15) is 0 Å². The number of pyridine rings is 1. The zero-order valence-electron chi connectivity index (χ0n) is 10.6. The van der Waals surface area contributed by atoms with Crippen LogP contribution < -0.4 is 5.73 Å². The zero-order valence-corrected chi connectivity index (χ0v) is 13.0. The molecule has 4 nitrogen and oxygen atoms in total. The van der Waals surface area contributed by atoms with Gasteiger partial charge in [-0.05, 0) is 31.9 Å². The number of carbonyl (C=O) groups is 1. The molecule has 0 aromatic carbocycles. The van der Waals surface area contributed by atoms with Gasteiger partial charge in [-0.15, -0.1) is 24.8 Å². The van der Waals surface area contributed by atoms with E-state index in [1.165, 1.54) is 6.20 Å². The number of hydrogen-bond acceptors (Lipinski definition) is 3. The quantitative estimate of drug-likeness (QED) is 0.908. The Morgan fingerprint density at radius 3 is 2.79 bits per heavy atom. The first kappa shape index (κ1) is 18.4. The van der Waals surface area contributed by atoms with Crippen LogP contribution in [0.4, 0.5) is 0 Å². The number of hydrogen-bond donors (Lipinski definition) is 1. The third-order valence-electron chi connectivity index (χ3n) is 3.26. The molecule has 7 heteroatoms. The second kappa shape index (κ2) is 7.90. The molecule has 2 atom stereocenters. The van der Waals surface area contributed by atoms with Crippen molar-refractivity contribution in [1.82, 2.24) is 9.88 Å². The Hall–Kier alpha value is -0.550. The van der Waals surface area contributed by atoms with Crippen LogP contribution in [0.25, 0.3) is 0 Å². The fraction of sp³-hybridized carbons (Fsp3) is 0.500. The Labute approximate surface area is 130 Å². The molecule has 1 fully saturated rings. The second-order valence-corrected chi connectivity index (χ2v) is 4.91. The van der Waals surface area contributed by atoms with Gasteiger partial charge in [0.15, 0.2) is 0 Å². The van der Waals surface area contributed by atoms with E-state index in [1.807, 2.05) is 11.8 Å². The average molecular weight is 327 g/mol. The summed E-state index contributed by atoms with van der Waals surface area (Å²) in [4.78, 5) is 18.0. The summed E-state index contributed by atoms with van der Waals surface area (Å²) < 4.78 is 0. The molecule has 2 heterocycles. The van der Waals surface area contributed by atoms with Crippen LogP contribution in [0.15, 0.2) is 18.5 Å². The highest BCUT2D eigenvalue weighted by Crippen LogP contribution is 2.25. The van der Waals surface area contributed by atoms with Crippen LogP contribution in [-0.2, 0) is 0 Å². The van der Waals surface area contributed by atoms with Gasteiger partial charge in [-0.1, -0.05) is 11.6 Å². The molecule has 1 aliphatic heterocycles. The molecule has 1 aliphatic rings. The van der Waals surface area contributed by atoms with Crippen molar-refractivity contribution < 1.29 is 4.79 Å². The molecule has 0 saturated carbocycles. The largest absolute Gasteiger partial charge is 0.336 e. The summed E-state index contributed by atoms with van der Waals surface area (Å²) in [6.45, 7) is 3.38. The molecule has 2 unspecified atom stereocenters. The molecule has 0 bridgehead atoms.